The Balaban J connectivity index is 0.00000264. The van der Waals surface area contributed by atoms with Gasteiger partial charge in [0.2, 0.25) is 5.91 Å². The van der Waals surface area contributed by atoms with Crippen LogP contribution >= 0.6 is 12.4 Å². The van der Waals surface area contributed by atoms with Gasteiger partial charge in [0, 0.05) is 37.5 Å². The average Bonchev–Trinajstić information content (AvgIpc) is 2.54. The number of halogens is 1. The molecular weight excluding hydrogens is 312 g/mol. The molecule has 1 aliphatic rings. The lowest BCUT2D eigenvalue weighted by atomic mass is 9.98. The minimum atomic E-state index is 0. The van der Waals surface area contributed by atoms with Gasteiger partial charge in [-0.1, -0.05) is 17.7 Å². The highest BCUT2D eigenvalue weighted by atomic mass is 35.5. The molecule has 0 atom stereocenters. The van der Waals surface area contributed by atoms with Crippen LogP contribution in [0.25, 0.3) is 0 Å². The maximum Gasteiger partial charge on any atom is 0.223 e. The quantitative estimate of drug-likeness (QED) is 0.840. The number of hydrogen-bond acceptors (Lipinski definition) is 3. The number of benzene rings is 1. The van der Waals surface area contributed by atoms with Crippen LogP contribution in [0.5, 0.6) is 0 Å². The first kappa shape index (κ1) is 19.7. The number of rotatable bonds is 5. The second-order valence-corrected chi connectivity index (χ2v) is 6.19. The van der Waals surface area contributed by atoms with Gasteiger partial charge >= 0.3 is 0 Å². The van der Waals surface area contributed by atoms with Gasteiger partial charge in [-0.2, -0.15) is 0 Å². The molecule has 1 N–H and O–H groups in total. The van der Waals surface area contributed by atoms with Crippen molar-refractivity contribution in [1.82, 2.24) is 10.2 Å². The normalized spacial score (nSPS) is 15.2. The number of aryl methyl sites for hydroxylation is 2. The molecule has 1 fully saturated rings. The summed E-state index contributed by atoms with van der Waals surface area (Å²) in [6, 6.07) is 6.40. The third-order valence-electron chi connectivity index (χ3n) is 4.52. The summed E-state index contributed by atoms with van der Waals surface area (Å²) >= 11 is 0. The lowest BCUT2D eigenvalue weighted by Crippen LogP contribution is -2.44. The van der Waals surface area contributed by atoms with Crippen LogP contribution in [0.15, 0.2) is 18.2 Å². The number of carbonyl (C=O) groups excluding carboxylic acids is 2. The van der Waals surface area contributed by atoms with Gasteiger partial charge in [-0.15, -0.1) is 12.4 Å². The smallest absolute Gasteiger partial charge is 0.223 e. The molecule has 1 saturated heterocycles. The van der Waals surface area contributed by atoms with Gasteiger partial charge in [0.1, 0.15) is 0 Å². The zero-order valence-corrected chi connectivity index (χ0v) is 15.0. The SMILES string of the molecule is CNC1CCN(C(=O)CCC(=O)c2cc(C)ccc2C)CC1.Cl. The van der Waals surface area contributed by atoms with E-state index in [-0.39, 0.29) is 24.1 Å². The maximum atomic E-state index is 12.3. The van der Waals surface area contributed by atoms with Gasteiger partial charge in [-0.05, 0) is 45.4 Å². The number of hydrogen-bond donors (Lipinski definition) is 1. The number of carbonyl (C=O) groups is 2. The Morgan fingerprint density at radius 1 is 1.17 bits per heavy atom. The summed E-state index contributed by atoms with van der Waals surface area (Å²) in [5.74, 6) is 0.174. The molecule has 0 aliphatic carbocycles. The van der Waals surface area contributed by atoms with Gasteiger partial charge in [0.25, 0.3) is 0 Å². The molecule has 5 heteroatoms. The molecule has 1 heterocycles. The third-order valence-corrected chi connectivity index (χ3v) is 4.52. The number of Topliss-reactive ketones (excluding diaryl/α,β-unsaturated/α-hetero) is 1. The summed E-state index contributed by atoms with van der Waals surface area (Å²) in [5, 5.41) is 3.25. The van der Waals surface area contributed by atoms with Gasteiger partial charge in [0.15, 0.2) is 5.78 Å². The molecule has 0 aromatic heterocycles. The fourth-order valence-electron chi connectivity index (χ4n) is 2.97. The molecule has 23 heavy (non-hydrogen) atoms. The largest absolute Gasteiger partial charge is 0.343 e. The van der Waals surface area contributed by atoms with E-state index in [2.05, 4.69) is 5.32 Å². The fraction of sp³-hybridized carbons (Fsp3) is 0.556. The summed E-state index contributed by atoms with van der Waals surface area (Å²) in [5.41, 5.74) is 2.81. The van der Waals surface area contributed by atoms with Crippen molar-refractivity contribution in [2.24, 2.45) is 0 Å². The molecule has 1 aromatic carbocycles. The van der Waals surface area contributed by atoms with Crippen LogP contribution in [0, 0.1) is 13.8 Å². The van der Waals surface area contributed by atoms with Crippen molar-refractivity contribution in [3.8, 4) is 0 Å². The molecular formula is C18H27ClN2O2. The van der Waals surface area contributed by atoms with Gasteiger partial charge in [-0.3, -0.25) is 9.59 Å². The highest BCUT2D eigenvalue weighted by Gasteiger charge is 2.22. The first-order valence-corrected chi connectivity index (χ1v) is 8.06. The van der Waals surface area contributed by atoms with E-state index in [0.717, 1.165) is 42.6 Å². The summed E-state index contributed by atoms with van der Waals surface area (Å²) < 4.78 is 0. The minimum absolute atomic E-state index is 0. The Hall–Kier alpha value is -1.39. The standard InChI is InChI=1S/C18H26N2O2.ClH/c1-13-4-5-14(2)16(12-13)17(21)6-7-18(22)20-10-8-15(19-3)9-11-20;/h4-5,12,15,19H,6-11H2,1-3H3;1H. The predicted octanol–water partition coefficient (Wildman–Crippen LogP) is 2.90. The zero-order chi connectivity index (χ0) is 16.1. The van der Waals surface area contributed by atoms with Crippen LogP contribution < -0.4 is 5.32 Å². The number of nitrogens with one attached hydrogen (secondary N) is 1. The van der Waals surface area contributed by atoms with E-state index in [1.54, 1.807) is 0 Å². The molecule has 1 aliphatic heterocycles. The fourth-order valence-corrected chi connectivity index (χ4v) is 2.97. The van der Waals surface area contributed by atoms with Crippen molar-refractivity contribution in [2.45, 2.75) is 45.6 Å². The molecule has 2 rings (SSSR count). The van der Waals surface area contributed by atoms with Gasteiger partial charge in [-0.25, -0.2) is 0 Å². The van der Waals surface area contributed by atoms with Crippen molar-refractivity contribution in [1.29, 1.82) is 0 Å². The summed E-state index contributed by atoms with van der Waals surface area (Å²) in [7, 11) is 1.96. The van der Waals surface area contributed by atoms with Crippen LogP contribution in [-0.4, -0.2) is 42.8 Å². The van der Waals surface area contributed by atoms with Crippen LogP contribution in [0.4, 0.5) is 0 Å². The average molecular weight is 339 g/mol. The maximum absolute atomic E-state index is 12.3. The molecule has 0 saturated carbocycles. The first-order valence-electron chi connectivity index (χ1n) is 8.06. The second-order valence-electron chi connectivity index (χ2n) is 6.19. The highest BCUT2D eigenvalue weighted by Crippen LogP contribution is 2.16. The van der Waals surface area contributed by atoms with Crippen LogP contribution in [-0.2, 0) is 4.79 Å². The first-order chi connectivity index (χ1) is 10.5. The summed E-state index contributed by atoms with van der Waals surface area (Å²) in [6.45, 7) is 5.51. The molecule has 0 unspecified atom stereocenters. The minimum Gasteiger partial charge on any atom is -0.343 e. The number of ketones is 1. The Kier molecular flexibility index (Phi) is 7.73. The Morgan fingerprint density at radius 2 is 1.83 bits per heavy atom. The van der Waals surface area contributed by atoms with E-state index in [4.69, 9.17) is 0 Å². The van der Waals surface area contributed by atoms with Crippen LogP contribution in [0.1, 0.15) is 47.2 Å². The van der Waals surface area contributed by atoms with Crippen molar-refractivity contribution < 1.29 is 9.59 Å². The molecule has 0 spiro atoms. The van der Waals surface area contributed by atoms with Crippen LogP contribution in [0.2, 0.25) is 0 Å². The van der Waals surface area contributed by atoms with E-state index in [0.29, 0.717) is 18.9 Å². The number of likely N-dealkylation sites (tertiary alicyclic amines) is 1. The van der Waals surface area contributed by atoms with Crippen molar-refractivity contribution in [3.05, 3.63) is 34.9 Å². The lowest BCUT2D eigenvalue weighted by Gasteiger charge is -2.31. The summed E-state index contributed by atoms with van der Waals surface area (Å²) in [4.78, 5) is 26.4. The Labute approximate surface area is 145 Å². The molecule has 0 bridgehead atoms. The van der Waals surface area contributed by atoms with E-state index in [9.17, 15) is 9.59 Å². The Morgan fingerprint density at radius 3 is 2.43 bits per heavy atom. The topological polar surface area (TPSA) is 49.4 Å². The zero-order valence-electron chi connectivity index (χ0n) is 14.2. The van der Waals surface area contributed by atoms with Crippen molar-refractivity contribution >= 4 is 24.1 Å². The predicted molar refractivity (Wildman–Crippen MR) is 95.4 cm³/mol. The van der Waals surface area contributed by atoms with Gasteiger partial charge in [0.05, 0.1) is 0 Å². The second kappa shape index (κ2) is 9.04. The number of piperidine rings is 1. The van der Waals surface area contributed by atoms with E-state index >= 15 is 0 Å². The Bertz CT molecular complexity index is 552. The summed E-state index contributed by atoms with van der Waals surface area (Å²) in [6.07, 6.45) is 2.60. The van der Waals surface area contributed by atoms with E-state index in [1.807, 2.05) is 44.0 Å². The lowest BCUT2D eigenvalue weighted by molar-refractivity contribution is -0.132. The number of amides is 1. The third kappa shape index (κ3) is 5.33. The molecule has 1 amide bonds. The molecule has 1 aromatic rings. The van der Waals surface area contributed by atoms with Crippen molar-refractivity contribution in [2.75, 3.05) is 20.1 Å². The monoisotopic (exact) mass is 338 g/mol. The van der Waals surface area contributed by atoms with Crippen LogP contribution in [0.3, 0.4) is 0 Å². The molecule has 4 nitrogen and oxygen atoms in total. The van der Waals surface area contributed by atoms with Gasteiger partial charge < -0.3 is 10.2 Å². The van der Waals surface area contributed by atoms with Crippen molar-refractivity contribution in [3.63, 3.8) is 0 Å². The molecule has 128 valence electrons. The highest BCUT2D eigenvalue weighted by molar-refractivity contribution is 5.99. The molecule has 0 radical (unpaired) electrons. The van der Waals surface area contributed by atoms with E-state index < -0.39 is 0 Å². The number of nitrogens with zero attached hydrogens (tertiary/aromatic N) is 1. The van der Waals surface area contributed by atoms with E-state index in [1.165, 1.54) is 0 Å².